The molecule has 4 heteroatoms. The highest BCUT2D eigenvalue weighted by molar-refractivity contribution is 5.93. The summed E-state index contributed by atoms with van der Waals surface area (Å²) in [5.41, 5.74) is 3.76. The zero-order chi connectivity index (χ0) is 17.2. The maximum Gasteiger partial charge on any atom is 0.162 e. The zero-order valence-corrected chi connectivity index (χ0v) is 13.7. The highest BCUT2D eigenvalue weighted by atomic mass is 19.1. The molecule has 0 spiro atoms. The molecule has 0 amide bonds. The highest BCUT2D eigenvalue weighted by Crippen LogP contribution is 2.29. The number of hydrogen-bond donors (Lipinski definition) is 1. The van der Waals surface area contributed by atoms with Crippen LogP contribution in [0, 0.1) is 5.82 Å². The van der Waals surface area contributed by atoms with E-state index < -0.39 is 0 Å². The van der Waals surface area contributed by atoms with E-state index in [1.807, 2.05) is 55.6 Å². The van der Waals surface area contributed by atoms with Crippen molar-refractivity contribution in [3.8, 4) is 22.5 Å². The minimum Gasteiger partial charge on any atom is -0.373 e. The van der Waals surface area contributed by atoms with Crippen LogP contribution in [0.15, 0.2) is 72.8 Å². The average Bonchev–Trinajstić information content (AvgIpc) is 2.68. The van der Waals surface area contributed by atoms with Crippen LogP contribution in [0.4, 0.5) is 10.2 Å². The third kappa shape index (κ3) is 2.94. The maximum atomic E-state index is 13.2. The van der Waals surface area contributed by atoms with E-state index in [1.54, 1.807) is 12.1 Å². The van der Waals surface area contributed by atoms with E-state index in [9.17, 15) is 4.39 Å². The van der Waals surface area contributed by atoms with E-state index in [0.717, 1.165) is 33.4 Å². The van der Waals surface area contributed by atoms with Gasteiger partial charge in [-0.3, -0.25) is 0 Å². The Morgan fingerprint density at radius 1 is 0.760 bits per heavy atom. The van der Waals surface area contributed by atoms with Crippen molar-refractivity contribution in [2.75, 3.05) is 12.4 Å². The lowest BCUT2D eigenvalue weighted by Crippen LogP contribution is -1.99. The van der Waals surface area contributed by atoms with Gasteiger partial charge in [-0.05, 0) is 35.4 Å². The molecule has 4 rings (SSSR count). The van der Waals surface area contributed by atoms with Gasteiger partial charge < -0.3 is 5.32 Å². The topological polar surface area (TPSA) is 37.8 Å². The molecule has 0 saturated heterocycles. The highest BCUT2D eigenvalue weighted by Gasteiger charge is 2.10. The van der Waals surface area contributed by atoms with Gasteiger partial charge in [0.25, 0.3) is 0 Å². The molecule has 3 aromatic carbocycles. The monoisotopic (exact) mass is 329 g/mol. The number of rotatable bonds is 3. The first-order valence-electron chi connectivity index (χ1n) is 8.05. The van der Waals surface area contributed by atoms with Gasteiger partial charge >= 0.3 is 0 Å². The third-order valence-corrected chi connectivity index (χ3v) is 4.14. The van der Waals surface area contributed by atoms with Crippen LogP contribution in [0.25, 0.3) is 33.4 Å². The molecule has 25 heavy (non-hydrogen) atoms. The number of nitrogens with one attached hydrogen (secondary N) is 1. The molecule has 4 aromatic rings. The number of aromatic nitrogens is 2. The lowest BCUT2D eigenvalue weighted by molar-refractivity contribution is 0.628. The molecule has 122 valence electrons. The Morgan fingerprint density at radius 2 is 1.48 bits per heavy atom. The Balaban J connectivity index is 1.89. The second kappa shape index (κ2) is 6.32. The summed E-state index contributed by atoms with van der Waals surface area (Å²) < 4.78 is 13.2. The van der Waals surface area contributed by atoms with Crippen LogP contribution in [0.3, 0.4) is 0 Å². The van der Waals surface area contributed by atoms with Gasteiger partial charge in [-0.2, -0.15) is 0 Å². The predicted octanol–water partition coefficient (Wildman–Crippen LogP) is 5.14. The van der Waals surface area contributed by atoms with E-state index in [4.69, 9.17) is 4.98 Å². The van der Waals surface area contributed by atoms with Crippen molar-refractivity contribution in [3.05, 3.63) is 78.6 Å². The Morgan fingerprint density at radius 3 is 2.20 bits per heavy atom. The largest absolute Gasteiger partial charge is 0.373 e. The van der Waals surface area contributed by atoms with Gasteiger partial charge in [0.05, 0.1) is 5.52 Å². The Labute approximate surface area is 145 Å². The summed E-state index contributed by atoms with van der Waals surface area (Å²) in [5, 5.41) is 4.10. The summed E-state index contributed by atoms with van der Waals surface area (Å²) >= 11 is 0. The number of halogens is 1. The van der Waals surface area contributed by atoms with Gasteiger partial charge in [-0.25, -0.2) is 14.4 Å². The average molecular weight is 329 g/mol. The van der Waals surface area contributed by atoms with Crippen LogP contribution in [0.2, 0.25) is 0 Å². The Hall–Kier alpha value is -3.27. The van der Waals surface area contributed by atoms with Crippen LogP contribution < -0.4 is 5.32 Å². The molecule has 0 aliphatic heterocycles. The number of fused-ring (bicyclic) bond motifs is 1. The third-order valence-electron chi connectivity index (χ3n) is 4.14. The van der Waals surface area contributed by atoms with Crippen molar-refractivity contribution in [2.45, 2.75) is 0 Å². The van der Waals surface area contributed by atoms with Gasteiger partial charge in [0.1, 0.15) is 11.6 Å². The fraction of sp³-hybridized carbons (Fsp3) is 0.0476. The van der Waals surface area contributed by atoms with Crippen molar-refractivity contribution < 1.29 is 4.39 Å². The number of nitrogens with zero attached hydrogens (tertiary/aromatic N) is 2. The van der Waals surface area contributed by atoms with Crippen LogP contribution >= 0.6 is 0 Å². The van der Waals surface area contributed by atoms with E-state index >= 15 is 0 Å². The molecule has 1 N–H and O–H groups in total. The van der Waals surface area contributed by atoms with Crippen molar-refractivity contribution in [1.29, 1.82) is 0 Å². The van der Waals surface area contributed by atoms with E-state index in [-0.39, 0.29) is 5.82 Å². The molecule has 0 aliphatic carbocycles. The van der Waals surface area contributed by atoms with Crippen molar-refractivity contribution in [1.82, 2.24) is 9.97 Å². The molecule has 0 saturated carbocycles. The zero-order valence-electron chi connectivity index (χ0n) is 13.7. The van der Waals surface area contributed by atoms with Crippen LogP contribution in [-0.4, -0.2) is 17.0 Å². The number of benzene rings is 3. The summed E-state index contributed by atoms with van der Waals surface area (Å²) in [4.78, 5) is 9.36. The maximum absolute atomic E-state index is 13.2. The summed E-state index contributed by atoms with van der Waals surface area (Å²) in [7, 11) is 1.85. The number of anilines is 1. The first-order chi connectivity index (χ1) is 12.2. The molecule has 1 heterocycles. The van der Waals surface area contributed by atoms with Crippen LogP contribution in [-0.2, 0) is 0 Å². The summed E-state index contributed by atoms with van der Waals surface area (Å²) in [6, 6.07) is 22.4. The summed E-state index contributed by atoms with van der Waals surface area (Å²) in [6.45, 7) is 0. The second-order valence-corrected chi connectivity index (χ2v) is 5.75. The van der Waals surface area contributed by atoms with Crippen molar-refractivity contribution >= 4 is 16.7 Å². The fourth-order valence-electron chi connectivity index (χ4n) is 2.86. The predicted molar refractivity (Wildman–Crippen MR) is 99.9 cm³/mol. The smallest absolute Gasteiger partial charge is 0.162 e. The quantitative estimate of drug-likeness (QED) is 0.565. The van der Waals surface area contributed by atoms with Crippen molar-refractivity contribution in [3.63, 3.8) is 0 Å². The van der Waals surface area contributed by atoms with E-state index in [2.05, 4.69) is 10.3 Å². The van der Waals surface area contributed by atoms with Crippen LogP contribution in [0.5, 0.6) is 0 Å². The first kappa shape index (κ1) is 15.3. The Kier molecular flexibility index (Phi) is 3.86. The lowest BCUT2D eigenvalue weighted by atomic mass is 10.0. The van der Waals surface area contributed by atoms with Crippen LogP contribution in [0.1, 0.15) is 0 Å². The van der Waals surface area contributed by atoms with Gasteiger partial charge in [0.2, 0.25) is 0 Å². The van der Waals surface area contributed by atoms with Gasteiger partial charge in [-0.15, -0.1) is 0 Å². The lowest BCUT2D eigenvalue weighted by Gasteiger charge is -2.10. The van der Waals surface area contributed by atoms with Gasteiger partial charge in [-0.1, -0.05) is 48.5 Å². The fourth-order valence-corrected chi connectivity index (χ4v) is 2.86. The summed E-state index contributed by atoms with van der Waals surface area (Å²) in [5.74, 6) is 1.22. The van der Waals surface area contributed by atoms with E-state index in [0.29, 0.717) is 5.82 Å². The second-order valence-electron chi connectivity index (χ2n) is 5.75. The molecular formula is C21H16FN3. The Bertz CT molecular complexity index is 1030. The molecular weight excluding hydrogens is 313 g/mol. The molecule has 0 radical (unpaired) electrons. The molecule has 0 fully saturated rings. The molecule has 0 atom stereocenters. The molecule has 1 aromatic heterocycles. The van der Waals surface area contributed by atoms with E-state index in [1.165, 1.54) is 12.1 Å². The minimum absolute atomic E-state index is 0.240. The van der Waals surface area contributed by atoms with Gasteiger partial charge in [0, 0.05) is 18.0 Å². The SMILES string of the molecule is CNc1nc(-c2ccccc2)nc2cc(-c3ccc(F)cc3)ccc12. The molecule has 3 nitrogen and oxygen atoms in total. The summed E-state index contributed by atoms with van der Waals surface area (Å²) in [6.07, 6.45) is 0. The minimum atomic E-state index is -0.240. The van der Waals surface area contributed by atoms with Crippen molar-refractivity contribution in [2.24, 2.45) is 0 Å². The molecule has 0 aliphatic rings. The normalized spacial score (nSPS) is 10.8. The first-order valence-corrected chi connectivity index (χ1v) is 8.05. The molecule has 0 bridgehead atoms. The number of hydrogen-bond acceptors (Lipinski definition) is 3. The van der Waals surface area contributed by atoms with Gasteiger partial charge in [0.15, 0.2) is 5.82 Å². The standard InChI is InChI=1S/C21H16FN3/c1-23-21-18-12-9-16(14-7-10-17(22)11-8-14)13-19(18)24-20(25-21)15-5-3-2-4-6-15/h2-13H,1H3,(H,23,24,25). The molecule has 0 unspecified atom stereocenters.